The number of aromatic carboxylic acids is 1. The van der Waals surface area contributed by atoms with E-state index in [4.69, 9.17) is 23.7 Å². The minimum atomic E-state index is -1.16. The number of carbonyl (C=O) groups excluding carboxylic acids is 1. The Balaban J connectivity index is 2.13. The fourth-order valence-corrected chi connectivity index (χ4v) is 2.07. The van der Waals surface area contributed by atoms with Gasteiger partial charge in [-0.1, -0.05) is 0 Å². The molecule has 24 heavy (non-hydrogen) atoms. The molecule has 0 aliphatic heterocycles. The average molecular weight is 335 g/mol. The summed E-state index contributed by atoms with van der Waals surface area (Å²) < 4.78 is 20.6. The summed E-state index contributed by atoms with van der Waals surface area (Å²) in [6.07, 6.45) is 1.01. The number of rotatable bonds is 7. The van der Waals surface area contributed by atoms with Crippen LogP contribution < -0.4 is 19.5 Å². The zero-order chi connectivity index (χ0) is 17.7. The van der Waals surface area contributed by atoms with E-state index in [1.54, 1.807) is 12.1 Å². The summed E-state index contributed by atoms with van der Waals surface area (Å²) in [6, 6.07) is 4.56. The molecule has 2 N–H and O–H groups in total. The Bertz CT molecular complexity index is 726. The second-order valence-electron chi connectivity index (χ2n) is 4.72. The summed E-state index contributed by atoms with van der Waals surface area (Å²) in [5, 5.41) is 11.5. The SMILES string of the molecule is COc1cc(CNC(=O)c2cc(C(=O)O)co2)cc(OC)c1OC. The van der Waals surface area contributed by atoms with Gasteiger partial charge in [0.2, 0.25) is 5.75 Å². The van der Waals surface area contributed by atoms with Crippen molar-refractivity contribution in [1.82, 2.24) is 5.32 Å². The van der Waals surface area contributed by atoms with Crippen molar-refractivity contribution < 1.29 is 33.3 Å². The summed E-state index contributed by atoms with van der Waals surface area (Å²) in [6.45, 7) is 0.165. The van der Waals surface area contributed by atoms with Crippen molar-refractivity contribution in [2.24, 2.45) is 0 Å². The van der Waals surface area contributed by atoms with Crippen LogP contribution in [0.5, 0.6) is 17.2 Å². The van der Waals surface area contributed by atoms with Crippen LogP contribution in [0.1, 0.15) is 26.5 Å². The largest absolute Gasteiger partial charge is 0.493 e. The molecular weight excluding hydrogens is 318 g/mol. The first-order chi connectivity index (χ1) is 11.5. The lowest BCUT2D eigenvalue weighted by Gasteiger charge is -2.14. The van der Waals surface area contributed by atoms with Gasteiger partial charge in [-0.05, 0) is 17.7 Å². The molecule has 2 rings (SSSR count). The topological polar surface area (TPSA) is 107 Å². The van der Waals surface area contributed by atoms with Gasteiger partial charge in [-0.15, -0.1) is 0 Å². The number of carboxylic acids is 1. The predicted octanol–water partition coefficient (Wildman–Crippen LogP) is 1.93. The third kappa shape index (κ3) is 3.60. The van der Waals surface area contributed by atoms with E-state index < -0.39 is 11.9 Å². The molecule has 1 amide bonds. The minimum Gasteiger partial charge on any atom is -0.493 e. The molecular formula is C16H17NO7. The van der Waals surface area contributed by atoms with Crippen molar-refractivity contribution in [3.05, 3.63) is 41.3 Å². The van der Waals surface area contributed by atoms with Crippen molar-refractivity contribution >= 4 is 11.9 Å². The summed E-state index contributed by atoms with van der Waals surface area (Å²) in [7, 11) is 4.49. The fraction of sp³-hybridized carbons (Fsp3) is 0.250. The number of carboxylic acid groups (broad SMARTS) is 1. The lowest BCUT2D eigenvalue weighted by Crippen LogP contribution is -2.22. The van der Waals surface area contributed by atoms with Crippen molar-refractivity contribution in [3.8, 4) is 17.2 Å². The molecule has 1 heterocycles. The zero-order valence-electron chi connectivity index (χ0n) is 13.4. The molecule has 0 fully saturated rings. The van der Waals surface area contributed by atoms with Crippen LogP contribution in [0.2, 0.25) is 0 Å². The average Bonchev–Trinajstić information content (AvgIpc) is 3.09. The van der Waals surface area contributed by atoms with Crippen LogP contribution in [0.25, 0.3) is 0 Å². The highest BCUT2D eigenvalue weighted by Gasteiger charge is 2.16. The zero-order valence-corrected chi connectivity index (χ0v) is 13.4. The third-order valence-electron chi connectivity index (χ3n) is 3.25. The Morgan fingerprint density at radius 3 is 2.17 bits per heavy atom. The Labute approximate surface area is 137 Å². The Morgan fingerprint density at radius 2 is 1.71 bits per heavy atom. The smallest absolute Gasteiger partial charge is 0.338 e. The summed E-state index contributed by atoms with van der Waals surface area (Å²) in [4.78, 5) is 22.8. The number of furan rings is 1. The molecule has 0 spiro atoms. The number of ether oxygens (including phenoxy) is 3. The maximum Gasteiger partial charge on any atom is 0.338 e. The standard InChI is InChI=1S/C16H17NO7/c1-21-11-4-9(5-12(22-2)14(11)23-3)7-17-15(18)13-6-10(8-24-13)16(19)20/h4-6,8H,7H2,1-3H3,(H,17,18)(H,19,20). The van der Waals surface area contributed by atoms with E-state index in [2.05, 4.69) is 5.32 Å². The van der Waals surface area contributed by atoms with Gasteiger partial charge in [0.15, 0.2) is 17.3 Å². The maximum absolute atomic E-state index is 12.0. The van der Waals surface area contributed by atoms with E-state index in [1.165, 1.54) is 21.3 Å². The highest BCUT2D eigenvalue weighted by molar-refractivity contribution is 5.95. The maximum atomic E-state index is 12.0. The number of amides is 1. The van der Waals surface area contributed by atoms with E-state index in [0.717, 1.165) is 12.3 Å². The summed E-state index contributed by atoms with van der Waals surface area (Å²) >= 11 is 0. The van der Waals surface area contributed by atoms with Crippen LogP contribution in [-0.2, 0) is 6.54 Å². The van der Waals surface area contributed by atoms with E-state index in [1.807, 2.05) is 0 Å². The first-order valence-corrected chi connectivity index (χ1v) is 6.89. The molecule has 128 valence electrons. The molecule has 0 atom stereocenters. The number of carbonyl (C=O) groups is 2. The van der Waals surface area contributed by atoms with Gasteiger partial charge in [0, 0.05) is 12.6 Å². The molecule has 1 aromatic carbocycles. The molecule has 0 unspecified atom stereocenters. The second kappa shape index (κ2) is 7.40. The second-order valence-corrected chi connectivity index (χ2v) is 4.72. The minimum absolute atomic E-state index is 0.0835. The number of methoxy groups -OCH3 is 3. The third-order valence-corrected chi connectivity index (χ3v) is 3.25. The molecule has 0 saturated carbocycles. The normalized spacial score (nSPS) is 10.1. The van der Waals surface area contributed by atoms with Crippen molar-refractivity contribution in [2.75, 3.05) is 21.3 Å². The Kier molecular flexibility index (Phi) is 5.31. The first-order valence-electron chi connectivity index (χ1n) is 6.89. The highest BCUT2D eigenvalue weighted by Crippen LogP contribution is 2.38. The van der Waals surface area contributed by atoms with Gasteiger partial charge < -0.3 is 29.1 Å². The quantitative estimate of drug-likeness (QED) is 0.796. The molecule has 0 bridgehead atoms. The number of hydrogen-bond acceptors (Lipinski definition) is 6. The Hall–Kier alpha value is -3.16. The molecule has 0 aliphatic rings. The van der Waals surface area contributed by atoms with Crippen molar-refractivity contribution in [3.63, 3.8) is 0 Å². The van der Waals surface area contributed by atoms with Crippen LogP contribution in [0.3, 0.4) is 0 Å². The van der Waals surface area contributed by atoms with Gasteiger partial charge in [-0.2, -0.15) is 0 Å². The van der Waals surface area contributed by atoms with E-state index in [0.29, 0.717) is 22.8 Å². The molecule has 8 nitrogen and oxygen atoms in total. The predicted molar refractivity (Wildman–Crippen MR) is 82.9 cm³/mol. The monoisotopic (exact) mass is 335 g/mol. The van der Waals surface area contributed by atoms with Gasteiger partial charge in [0.25, 0.3) is 5.91 Å². The van der Waals surface area contributed by atoms with Crippen molar-refractivity contribution in [2.45, 2.75) is 6.54 Å². The molecule has 0 radical (unpaired) electrons. The summed E-state index contributed by atoms with van der Waals surface area (Å²) in [5.41, 5.74) is 0.621. The summed E-state index contributed by atoms with van der Waals surface area (Å²) in [5.74, 6) is -0.398. The molecule has 0 aliphatic carbocycles. The van der Waals surface area contributed by atoms with Gasteiger partial charge in [0.1, 0.15) is 6.26 Å². The molecule has 2 aromatic rings. The van der Waals surface area contributed by atoms with Gasteiger partial charge in [-0.3, -0.25) is 4.79 Å². The van der Waals surface area contributed by atoms with Gasteiger partial charge in [-0.25, -0.2) is 4.79 Å². The number of hydrogen-bond donors (Lipinski definition) is 2. The lowest BCUT2D eigenvalue weighted by atomic mass is 10.1. The first kappa shape index (κ1) is 17.2. The number of nitrogens with one attached hydrogen (secondary N) is 1. The van der Waals surface area contributed by atoms with E-state index >= 15 is 0 Å². The van der Waals surface area contributed by atoms with Crippen LogP contribution in [0, 0.1) is 0 Å². The van der Waals surface area contributed by atoms with Crippen molar-refractivity contribution in [1.29, 1.82) is 0 Å². The molecule has 8 heteroatoms. The Morgan fingerprint density at radius 1 is 1.08 bits per heavy atom. The van der Waals surface area contributed by atoms with Gasteiger partial charge >= 0.3 is 5.97 Å². The highest BCUT2D eigenvalue weighted by atomic mass is 16.5. The van der Waals surface area contributed by atoms with Gasteiger partial charge in [0.05, 0.1) is 26.9 Å². The van der Waals surface area contributed by atoms with E-state index in [9.17, 15) is 9.59 Å². The molecule has 1 aromatic heterocycles. The van der Waals surface area contributed by atoms with Crippen LogP contribution in [-0.4, -0.2) is 38.3 Å². The number of benzene rings is 1. The lowest BCUT2D eigenvalue weighted by molar-refractivity contribution is 0.0696. The van der Waals surface area contributed by atoms with E-state index in [-0.39, 0.29) is 17.9 Å². The molecule has 0 saturated heterocycles. The van der Waals surface area contributed by atoms with Crippen LogP contribution in [0.15, 0.2) is 28.9 Å². The van der Waals surface area contributed by atoms with Crippen LogP contribution >= 0.6 is 0 Å². The van der Waals surface area contributed by atoms with Crippen LogP contribution in [0.4, 0.5) is 0 Å². The fourth-order valence-electron chi connectivity index (χ4n) is 2.07.